The van der Waals surface area contributed by atoms with Gasteiger partial charge in [0.25, 0.3) is 0 Å². The van der Waals surface area contributed by atoms with Gasteiger partial charge in [0.15, 0.2) is 0 Å². The van der Waals surface area contributed by atoms with Crippen LogP contribution in [0.2, 0.25) is 0 Å². The summed E-state index contributed by atoms with van der Waals surface area (Å²) in [4.78, 5) is 27.8. The molecule has 1 aliphatic heterocycles. The number of nitrogens with one attached hydrogen (secondary N) is 1. The van der Waals surface area contributed by atoms with E-state index in [4.69, 9.17) is 0 Å². The van der Waals surface area contributed by atoms with Crippen LogP contribution in [0, 0.1) is 5.92 Å². The van der Waals surface area contributed by atoms with E-state index in [-0.39, 0.29) is 17.9 Å². The second kappa shape index (κ2) is 8.96. The van der Waals surface area contributed by atoms with Gasteiger partial charge in [-0.1, -0.05) is 31.1 Å². The number of urea groups is 1. The van der Waals surface area contributed by atoms with Crippen LogP contribution in [0.1, 0.15) is 44.0 Å². The summed E-state index contributed by atoms with van der Waals surface area (Å²) in [5.41, 5.74) is 0. The number of unbranched alkanes of at least 4 members (excludes halogenated alkanes) is 2. The van der Waals surface area contributed by atoms with Crippen molar-refractivity contribution in [2.24, 2.45) is 5.92 Å². The molecule has 0 aliphatic carbocycles. The van der Waals surface area contributed by atoms with Crippen LogP contribution >= 0.6 is 11.3 Å². The Morgan fingerprint density at radius 1 is 1.33 bits per heavy atom. The molecule has 2 heterocycles. The Morgan fingerprint density at radius 3 is 2.83 bits per heavy atom. The molecule has 0 spiro atoms. The van der Waals surface area contributed by atoms with Crippen molar-refractivity contribution in [1.29, 1.82) is 0 Å². The fourth-order valence-electron chi connectivity index (χ4n) is 2.79. The van der Waals surface area contributed by atoms with E-state index >= 15 is 0 Å². The van der Waals surface area contributed by atoms with Gasteiger partial charge >= 0.3 is 6.03 Å². The lowest BCUT2D eigenvalue weighted by Crippen LogP contribution is -2.47. The molecule has 0 unspecified atom stereocenters. The average molecular weight is 353 g/mol. The molecule has 1 atom stereocenters. The lowest BCUT2D eigenvalue weighted by atomic mass is 9.97. The highest BCUT2D eigenvalue weighted by Gasteiger charge is 2.29. The van der Waals surface area contributed by atoms with Gasteiger partial charge in [-0.25, -0.2) is 4.79 Å². The summed E-state index contributed by atoms with van der Waals surface area (Å²) in [5.74, 6) is -0.252. The molecule has 0 bridgehead atoms. The van der Waals surface area contributed by atoms with E-state index in [1.54, 1.807) is 23.9 Å². The summed E-state index contributed by atoms with van der Waals surface area (Å²) in [6.07, 6.45) is 6.01. The average Bonchev–Trinajstić information content (AvgIpc) is 3.01. The molecule has 3 amide bonds. The number of carbonyl (C=O) groups excluding carboxylic acids is 2. The Balaban J connectivity index is 1.86. The molecule has 24 heavy (non-hydrogen) atoms. The molecule has 1 fully saturated rings. The molecule has 134 valence electrons. The quantitative estimate of drug-likeness (QED) is 0.797. The Labute approximate surface area is 147 Å². The first kappa shape index (κ1) is 18.6. The van der Waals surface area contributed by atoms with Crippen LogP contribution in [-0.2, 0) is 11.2 Å². The summed E-state index contributed by atoms with van der Waals surface area (Å²) in [6, 6.07) is -0.0402. The number of hydrogen-bond donors (Lipinski definition) is 1. The maximum atomic E-state index is 12.5. The molecule has 0 saturated carbocycles. The molecule has 1 saturated heterocycles. The van der Waals surface area contributed by atoms with Gasteiger partial charge in [-0.15, -0.1) is 10.2 Å². The number of aromatic nitrogens is 2. The minimum atomic E-state index is -0.185. The lowest BCUT2D eigenvalue weighted by Gasteiger charge is -2.33. The van der Waals surface area contributed by atoms with Gasteiger partial charge in [0.05, 0.1) is 5.92 Å². The summed E-state index contributed by atoms with van der Waals surface area (Å²) in [5, 5.41) is 12.6. The Hall–Kier alpha value is -1.70. The first-order valence-electron chi connectivity index (χ1n) is 8.60. The minimum absolute atomic E-state index is 0.0402. The van der Waals surface area contributed by atoms with Crippen molar-refractivity contribution in [2.75, 3.05) is 32.5 Å². The maximum absolute atomic E-state index is 12.5. The first-order valence-corrected chi connectivity index (χ1v) is 9.42. The van der Waals surface area contributed by atoms with Crippen molar-refractivity contribution < 1.29 is 9.59 Å². The van der Waals surface area contributed by atoms with E-state index in [2.05, 4.69) is 22.4 Å². The third-order valence-electron chi connectivity index (χ3n) is 4.14. The Bertz CT molecular complexity index is 560. The fraction of sp³-hybridized carbons (Fsp3) is 0.750. The Kier molecular flexibility index (Phi) is 6.96. The van der Waals surface area contributed by atoms with Gasteiger partial charge in [-0.2, -0.15) is 0 Å². The van der Waals surface area contributed by atoms with E-state index in [1.165, 1.54) is 24.2 Å². The fourth-order valence-corrected chi connectivity index (χ4v) is 3.57. The molecule has 1 aromatic heterocycles. The van der Waals surface area contributed by atoms with Crippen molar-refractivity contribution in [1.82, 2.24) is 20.0 Å². The monoisotopic (exact) mass is 353 g/mol. The van der Waals surface area contributed by atoms with Gasteiger partial charge in [-0.3, -0.25) is 4.79 Å². The van der Waals surface area contributed by atoms with Crippen molar-refractivity contribution in [3.8, 4) is 0 Å². The van der Waals surface area contributed by atoms with Crippen LogP contribution in [0.5, 0.6) is 0 Å². The zero-order chi connectivity index (χ0) is 17.5. The summed E-state index contributed by atoms with van der Waals surface area (Å²) < 4.78 is 0. The third kappa shape index (κ3) is 5.15. The molecular formula is C16H27N5O2S. The molecule has 1 aromatic rings. The molecule has 1 N–H and O–H groups in total. The zero-order valence-corrected chi connectivity index (χ0v) is 15.6. The van der Waals surface area contributed by atoms with Gasteiger partial charge in [-0.05, 0) is 19.3 Å². The van der Waals surface area contributed by atoms with Crippen molar-refractivity contribution in [2.45, 2.75) is 45.4 Å². The highest BCUT2D eigenvalue weighted by Crippen LogP contribution is 2.22. The smallest absolute Gasteiger partial charge is 0.319 e. The molecule has 7 nitrogen and oxygen atoms in total. The van der Waals surface area contributed by atoms with Gasteiger partial charge in [0.2, 0.25) is 11.0 Å². The number of likely N-dealkylation sites (tertiary alicyclic amines) is 1. The molecule has 0 aromatic carbocycles. The SMILES string of the molecule is CCCCCc1nnc(NC(=O)[C@H]2CCCN(C(=O)N(C)C)C2)s1. The molecule has 1 aliphatic rings. The standard InChI is InChI=1S/C16H27N5O2S/c1-4-5-6-9-13-18-19-15(24-13)17-14(22)12-8-7-10-21(11-12)16(23)20(2)3/h12H,4-11H2,1-3H3,(H,17,19,22)/t12-/m0/s1. The lowest BCUT2D eigenvalue weighted by molar-refractivity contribution is -0.121. The van der Waals surface area contributed by atoms with Crippen molar-refractivity contribution in [3.05, 3.63) is 5.01 Å². The van der Waals surface area contributed by atoms with Crippen LogP contribution in [0.4, 0.5) is 9.93 Å². The topological polar surface area (TPSA) is 78.4 Å². The van der Waals surface area contributed by atoms with E-state index in [0.717, 1.165) is 30.7 Å². The minimum Gasteiger partial charge on any atom is -0.331 e. The second-order valence-electron chi connectivity index (χ2n) is 6.41. The number of anilines is 1. The highest BCUT2D eigenvalue weighted by atomic mass is 32.1. The molecule has 0 radical (unpaired) electrons. The second-order valence-corrected chi connectivity index (χ2v) is 7.47. The predicted octanol–water partition coefficient (Wildman–Crippen LogP) is 2.60. The van der Waals surface area contributed by atoms with E-state index in [1.807, 2.05) is 0 Å². The number of hydrogen-bond acceptors (Lipinski definition) is 5. The highest BCUT2D eigenvalue weighted by molar-refractivity contribution is 7.15. The molecular weight excluding hydrogens is 326 g/mol. The number of amides is 3. The van der Waals surface area contributed by atoms with Gasteiger partial charge < -0.3 is 15.1 Å². The number of aryl methyl sites for hydroxylation is 1. The van der Waals surface area contributed by atoms with Crippen molar-refractivity contribution in [3.63, 3.8) is 0 Å². The first-order chi connectivity index (χ1) is 11.5. The number of piperidine rings is 1. The Morgan fingerprint density at radius 2 is 2.12 bits per heavy atom. The van der Waals surface area contributed by atoms with Crippen LogP contribution in [0.3, 0.4) is 0 Å². The van der Waals surface area contributed by atoms with E-state index < -0.39 is 0 Å². The van der Waals surface area contributed by atoms with Crippen LogP contribution < -0.4 is 5.32 Å². The number of carbonyl (C=O) groups is 2. The summed E-state index contributed by atoms with van der Waals surface area (Å²) in [6.45, 7) is 3.34. The van der Waals surface area contributed by atoms with Gasteiger partial charge in [0, 0.05) is 33.6 Å². The van der Waals surface area contributed by atoms with E-state index in [9.17, 15) is 9.59 Å². The van der Waals surface area contributed by atoms with Crippen LogP contribution in [0.15, 0.2) is 0 Å². The largest absolute Gasteiger partial charge is 0.331 e. The number of nitrogens with zero attached hydrogens (tertiary/aromatic N) is 4. The van der Waals surface area contributed by atoms with Gasteiger partial charge in [0.1, 0.15) is 5.01 Å². The van der Waals surface area contributed by atoms with Crippen LogP contribution in [-0.4, -0.2) is 59.1 Å². The summed E-state index contributed by atoms with van der Waals surface area (Å²) in [7, 11) is 3.46. The number of rotatable bonds is 6. The molecule has 2 rings (SSSR count). The predicted molar refractivity (Wildman–Crippen MR) is 95.1 cm³/mol. The summed E-state index contributed by atoms with van der Waals surface area (Å²) >= 11 is 1.44. The molecule has 8 heteroatoms. The normalized spacial score (nSPS) is 17.6. The zero-order valence-electron chi connectivity index (χ0n) is 14.7. The van der Waals surface area contributed by atoms with Crippen LogP contribution in [0.25, 0.3) is 0 Å². The van der Waals surface area contributed by atoms with Crippen molar-refractivity contribution >= 4 is 28.4 Å². The van der Waals surface area contributed by atoms with E-state index in [0.29, 0.717) is 18.2 Å². The maximum Gasteiger partial charge on any atom is 0.319 e. The third-order valence-corrected chi connectivity index (χ3v) is 5.03.